The van der Waals surface area contributed by atoms with Crippen LogP contribution in [0.2, 0.25) is 0 Å². The topological polar surface area (TPSA) is 35.5 Å². The lowest BCUT2D eigenvalue weighted by Crippen LogP contribution is -2.45. The summed E-state index contributed by atoms with van der Waals surface area (Å²) in [7, 11) is 0. The molecule has 1 fully saturated rings. The molecule has 0 aromatic heterocycles. The van der Waals surface area contributed by atoms with Crippen molar-refractivity contribution in [1.29, 1.82) is 0 Å². The van der Waals surface area contributed by atoms with E-state index in [1.807, 2.05) is 0 Å². The normalized spacial score (nSPS) is 28.6. The van der Waals surface area contributed by atoms with Crippen LogP contribution in [0.5, 0.6) is 0 Å². The average molecular weight is 224 g/mol. The van der Waals surface area contributed by atoms with E-state index in [-0.39, 0.29) is 0 Å². The third-order valence-electron chi connectivity index (χ3n) is 1.37. The molecule has 1 heterocycles. The summed E-state index contributed by atoms with van der Waals surface area (Å²) >= 11 is 0. The largest absolute Gasteiger partial charge is 0.509 e. The molecule has 0 aromatic rings. The zero-order chi connectivity index (χ0) is 11.1. The number of hydrogen-bond donors (Lipinski definition) is 0. The Morgan fingerprint density at radius 1 is 0.857 bits per heavy atom. The maximum atomic E-state index is 11.9. The number of hydrogen-bond acceptors (Lipinski definition) is 3. The summed E-state index contributed by atoms with van der Waals surface area (Å²) in [5.74, 6) is 0. The fourth-order valence-corrected chi connectivity index (χ4v) is 0.836. The molecule has 1 saturated heterocycles. The Hall–Kier alpha value is -1.15. The van der Waals surface area contributed by atoms with Gasteiger partial charge in [-0.3, -0.25) is 0 Å². The standard InChI is InChI=1S/C5H2F6O3/c6-4(7,8)1-2(5(9,10)11)14-3(12)13-1/h1-2H/t1-,2-/m0/s1. The van der Waals surface area contributed by atoms with Crippen LogP contribution in [0.1, 0.15) is 0 Å². The highest BCUT2D eigenvalue weighted by Crippen LogP contribution is 2.38. The van der Waals surface area contributed by atoms with Gasteiger partial charge in [0, 0.05) is 0 Å². The molecular weight excluding hydrogens is 222 g/mol. The lowest BCUT2D eigenvalue weighted by atomic mass is 10.2. The molecule has 82 valence electrons. The van der Waals surface area contributed by atoms with E-state index in [4.69, 9.17) is 0 Å². The molecule has 0 aliphatic carbocycles. The van der Waals surface area contributed by atoms with Gasteiger partial charge in [-0.2, -0.15) is 26.3 Å². The molecule has 1 aliphatic rings. The highest BCUT2D eigenvalue weighted by Gasteiger charge is 2.64. The number of cyclic esters (lactones) is 2. The smallest absolute Gasteiger partial charge is 0.417 e. The van der Waals surface area contributed by atoms with E-state index in [1.165, 1.54) is 0 Å². The molecule has 0 N–H and O–H groups in total. The highest BCUT2D eigenvalue weighted by molar-refractivity contribution is 5.62. The van der Waals surface area contributed by atoms with E-state index in [1.54, 1.807) is 0 Å². The molecule has 0 bridgehead atoms. The van der Waals surface area contributed by atoms with E-state index in [0.29, 0.717) is 0 Å². The summed E-state index contributed by atoms with van der Waals surface area (Å²) in [5.41, 5.74) is 0. The van der Waals surface area contributed by atoms with E-state index in [9.17, 15) is 31.1 Å². The van der Waals surface area contributed by atoms with Crippen LogP contribution in [0.25, 0.3) is 0 Å². The van der Waals surface area contributed by atoms with E-state index < -0.39 is 30.7 Å². The minimum Gasteiger partial charge on any atom is -0.417 e. The third kappa shape index (κ3) is 2.02. The van der Waals surface area contributed by atoms with Crippen molar-refractivity contribution in [2.45, 2.75) is 24.6 Å². The van der Waals surface area contributed by atoms with Crippen molar-refractivity contribution >= 4 is 6.16 Å². The Morgan fingerprint density at radius 2 is 1.14 bits per heavy atom. The molecule has 0 saturated carbocycles. The van der Waals surface area contributed by atoms with Gasteiger partial charge in [0.2, 0.25) is 12.2 Å². The van der Waals surface area contributed by atoms with Gasteiger partial charge in [0.15, 0.2) is 0 Å². The van der Waals surface area contributed by atoms with E-state index in [0.717, 1.165) is 0 Å². The molecule has 3 nitrogen and oxygen atoms in total. The first kappa shape index (κ1) is 10.9. The molecular formula is C5H2F6O3. The SMILES string of the molecule is O=C1O[C@H](C(F)(F)F)[C@@H](C(F)(F)F)O1. The lowest BCUT2D eigenvalue weighted by molar-refractivity contribution is -0.260. The Morgan fingerprint density at radius 3 is 1.36 bits per heavy atom. The molecule has 0 amide bonds. The average Bonchev–Trinajstić information content (AvgIpc) is 2.27. The van der Waals surface area contributed by atoms with Crippen molar-refractivity contribution in [3.8, 4) is 0 Å². The first-order chi connectivity index (χ1) is 6.12. The summed E-state index contributed by atoms with van der Waals surface area (Å²) < 4.78 is 77.9. The van der Waals surface area contributed by atoms with Gasteiger partial charge in [-0.15, -0.1) is 0 Å². The van der Waals surface area contributed by atoms with Gasteiger partial charge in [-0.25, -0.2) is 4.79 Å². The zero-order valence-corrected chi connectivity index (χ0v) is 6.15. The van der Waals surface area contributed by atoms with Crippen molar-refractivity contribution in [2.24, 2.45) is 0 Å². The van der Waals surface area contributed by atoms with Crippen LogP contribution in [0.4, 0.5) is 31.1 Å². The molecule has 0 unspecified atom stereocenters. The molecule has 0 aromatic carbocycles. The lowest BCUT2D eigenvalue weighted by Gasteiger charge is -2.19. The highest BCUT2D eigenvalue weighted by atomic mass is 19.4. The number of carbonyl (C=O) groups is 1. The number of ether oxygens (including phenoxy) is 2. The summed E-state index contributed by atoms with van der Waals surface area (Å²) in [5, 5.41) is 0. The predicted octanol–water partition coefficient (Wildman–Crippen LogP) is 2.02. The van der Waals surface area contributed by atoms with Gasteiger partial charge in [0.25, 0.3) is 0 Å². The van der Waals surface area contributed by atoms with Gasteiger partial charge < -0.3 is 9.47 Å². The fourth-order valence-electron chi connectivity index (χ4n) is 0.836. The maximum absolute atomic E-state index is 11.9. The van der Waals surface area contributed by atoms with Gasteiger partial charge in [-0.05, 0) is 0 Å². The van der Waals surface area contributed by atoms with Crippen molar-refractivity contribution in [2.75, 3.05) is 0 Å². The summed E-state index contributed by atoms with van der Waals surface area (Å²) in [4.78, 5) is 10.1. The number of carbonyl (C=O) groups excluding carboxylic acids is 1. The fraction of sp³-hybridized carbons (Fsp3) is 0.800. The van der Waals surface area contributed by atoms with Crippen molar-refractivity contribution in [3.05, 3.63) is 0 Å². The first-order valence-electron chi connectivity index (χ1n) is 3.13. The molecule has 0 spiro atoms. The van der Waals surface area contributed by atoms with Crippen LogP contribution in [-0.4, -0.2) is 30.7 Å². The molecule has 2 atom stereocenters. The van der Waals surface area contributed by atoms with Crippen LogP contribution in [-0.2, 0) is 9.47 Å². The second-order valence-electron chi connectivity index (χ2n) is 2.41. The number of alkyl halides is 6. The quantitative estimate of drug-likeness (QED) is 0.466. The second-order valence-corrected chi connectivity index (χ2v) is 2.41. The van der Waals surface area contributed by atoms with Crippen molar-refractivity contribution in [1.82, 2.24) is 0 Å². The zero-order valence-electron chi connectivity index (χ0n) is 6.15. The van der Waals surface area contributed by atoms with Gasteiger partial charge >= 0.3 is 18.5 Å². The summed E-state index contributed by atoms with van der Waals surface area (Å²) in [6.45, 7) is 0. The second kappa shape index (κ2) is 2.92. The monoisotopic (exact) mass is 224 g/mol. The Balaban J connectivity index is 2.89. The van der Waals surface area contributed by atoms with Crippen LogP contribution in [0, 0.1) is 0 Å². The van der Waals surface area contributed by atoms with E-state index >= 15 is 0 Å². The van der Waals surface area contributed by atoms with Crippen LogP contribution in [0.3, 0.4) is 0 Å². The van der Waals surface area contributed by atoms with Crippen LogP contribution >= 0.6 is 0 Å². The molecule has 0 radical (unpaired) electrons. The van der Waals surface area contributed by atoms with Crippen LogP contribution in [0.15, 0.2) is 0 Å². The Labute approximate surface area is 72.6 Å². The minimum atomic E-state index is -5.30. The summed E-state index contributed by atoms with van der Waals surface area (Å²) in [6.07, 6.45) is -19.1. The predicted molar refractivity (Wildman–Crippen MR) is 27.3 cm³/mol. The van der Waals surface area contributed by atoms with E-state index in [2.05, 4.69) is 9.47 Å². The Bertz CT molecular complexity index is 219. The van der Waals surface area contributed by atoms with Gasteiger partial charge in [0.1, 0.15) is 0 Å². The maximum Gasteiger partial charge on any atom is 0.509 e. The molecule has 1 aliphatic heterocycles. The number of halogens is 6. The summed E-state index contributed by atoms with van der Waals surface area (Å²) in [6, 6.07) is 0. The van der Waals surface area contributed by atoms with Crippen molar-refractivity contribution in [3.63, 3.8) is 0 Å². The third-order valence-corrected chi connectivity index (χ3v) is 1.37. The van der Waals surface area contributed by atoms with Crippen molar-refractivity contribution < 1.29 is 40.6 Å². The Kier molecular flexibility index (Phi) is 2.28. The van der Waals surface area contributed by atoms with Gasteiger partial charge in [-0.1, -0.05) is 0 Å². The molecule has 14 heavy (non-hydrogen) atoms. The van der Waals surface area contributed by atoms with Crippen LogP contribution < -0.4 is 0 Å². The number of rotatable bonds is 0. The van der Waals surface area contributed by atoms with Gasteiger partial charge in [0.05, 0.1) is 0 Å². The molecule has 9 heteroatoms. The molecule has 1 rings (SSSR count). The first-order valence-corrected chi connectivity index (χ1v) is 3.13. The minimum absolute atomic E-state index is 1.98.